The highest BCUT2D eigenvalue weighted by Crippen LogP contribution is 2.28. The Balaban J connectivity index is 1.43. The lowest BCUT2D eigenvalue weighted by atomic mass is 10.0. The summed E-state index contributed by atoms with van der Waals surface area (Å²) in [6.45, 7) is 3.79. The Bertz CT molecular complexity index is 1250. The molecule has 0 bridgehead atoms. The minimum Gasteiger partial charge on any atom is -0.497 e. The lowest BCUT2D eigenvalue weighted by Crippen LogP contribution is -2.37. The molecule has 0 aliphatic carbocycles. The van der Waals surface area contributed by atoms with Crippen molar-refractivity contribution in [2.75, 3.05) is 32.1 Å². The Morgan fingerprint density at radius 2 is 1.82 bits per heavy atom. The second-order valence-electron chi connectivity index (χ2n) is 8.44. The summed E-state index contributed by atoms with van der Waals surface area (Å²) in [5, 5.41) is 12.6. The van der Waals surface area contributed by atoms with Crippen LogP contribution in [0, 0.1) is 17.2 Å². The molecule has 0 radical (unpaired) electrons. The van der Waals surface area contributed by atoms with E-state index in [0.29, 0.717) is 37.0 Å². The molecule has 178 valence electrons. The number of nitriles is 1. The van der Waals surface area contributed by atoms with E-state index in [1.54, 1.807) is 35.7 Å². The number of sulfonamides is 1. The molecule has 1 saturated heterocycles. The van der Waals surface area contributed by atoms with Crippen molar-refractivity contribution >= 4 is 15.9 Å². The van der Waals surface area contributed by atoms with Gasteiger partial charge in [-0.15, -0.1) is 0 Å². The van der Waals surface area contributed by atoms with Crippen molar-refractivity contribution < 1.29 is 17.6 Å². The Morgan fingerprint density at radius 3 is 2.44 bits per heavy atom. The first-order valence-electron chi connectivity index (χ1n) is 11.3. The lowest BCUT2D eigenvalue weighted by Gasteiger charge is -2.29. The van der Waals surface area contributed by atoms with Crippen LogP contribution >= 0.6 is 0 Å². The van der Waals surface area contributed by atoms with Crippen LogP contribution in [0.2, 0.25) is 0 Å². The van der Waals surface area contributed by atoms with Crippen molar-refractivity contribution in [3.05, 3.63) is 59.8 Å². The van der Waals surface area contributed by atoms with Crippen LogP contribution in [-0.4, -0.2) is 44.5 Å². The number of hydrogen-bond donors (Lipinski definition) is 1. The maximum Gasteiger partial charge on any atom is 0.243 e. The summed E-state index contributed by atoms with van der Waals surface area (Å²) in [6, 6.07) is 16.3. The Labute approximate surface area is 200 Å². The van der Waals surface area contributed by atoms with Gasteiger partial charge in [-0.3, -0.25) is 0 Å². The van der Waals surface area contributed by atoms with E-state index < -0.39 is 10.0 Å². The van der Waals surface area contributed by atoms with E-state index in [9.17, 15) is 13.7 Å². The number of ether oxygens (including phenoxy) is 1. The van der Waals surface area contributed by atoms with Gasteiger partial charge in [-0.05, 0) is 67.1 Å². The van der Waals surface area contributed by atoms with E-state index in [1.165, 1.54) is 0 Å². The van der Waals surface area contributed by atoms with E-state index in [-0.39, 0.29) is 16.5 Å². The quantitative estimate of drug-likeness (QED) is 0.512. The minimum absolute atomic E-state index is 0.156. The molecule has 1 aromatic heterocycles. The van der Waals surface area contributed by atoms with Gasteiger partial charge in [0.15, 0.2) is 0 Å². The summed E-state index contributed by atoms with van der Waals surface area (Å²) in [4.78, 5) is 4.52. The first-order chi connectivity index (χ1) is 16.4. The molecule has 0 atom stereocenters. The SMILES string of the molecule is COc1ccc(CCNc2oc(-c3ccc(S(=O)(=O)N4CCC(C)CC4)cc3)nc2C#N)cc1. The molecule has 8 nitrogen and oxygen atoms in total. The fourth-order valence-electron chi connectivity index (χ4n) is 3.90. The second kappa shape index (κ2) is 10.3. The van der Waals surface area contributed by atoms with Crippen LogP contribution in [0.3, 0.4) is 0 Å². The van der Waals surface area contributed by atoms with Crippen LogP contribution in [0.15, 0.2) is 57.8 Å². The molecule has 1 aliphatic rings. The number of hydrogen-bond acceptors (Lipinski definition) is 7. The maximum absolute atomic E-state index is 12.9. The third-order valence-corrected chi connectivity index (χ3v) is 7.99. The molecule has 9 heteroatoms. The molecule has 0 unspecified atom stereocenters. The average molecular weight is 481 g/mol. The molecule has 0 saturated carbocycles. The van der Waals surface area contributed by atoms with Gasteiger partial charge in [-0.1, -0.05) is 19.1 Å². The molecular weight excluding hydrogens is 452 g/mol. The summed E-state index contributed by atoms with van der Waals surface area (Å²) in [6.07, 6.45) is 2.48. The Kier molecular flexibility index (Phi) is 7.20. The fraction of sp³-hybridized carbons (Fsp3) is 0.360. The van der Waals surface area contributed by atoms with Gasteiger partial charge in [0.2, 0.25) is 27.5 Å². The first kappa shape index (κ1) is 23.8. The van der Waals surface area contributed by atoms with Crippen molar-refractivity contribution in [2.45, 2.75) is 31.1 Å². The van der Waals surface area contributed by atoms with Gasteiger partial charge >= 0.3 is 0 Å². The summed E-state index contributed by atoms with van der Waals surface area (Å²) >= 11 is 0. The van der Waals surface area contributed by atoms with Crippen LogP contribution in [0.5, 0.6) is 5.75 Å². The van der Waals surface area contributed by atoms with Crippen molar-refractivity contribution in [1.29, 1.82) is 5.26 Å². The van der Waals surface area contributed by atoms with Gasteiger partial charge in [-0.25, -0.2) is 8.42 Å². The Hall–Kier alpha value is -3.35. The molecule has 1 fully saturated rings. The maximum atomic E-state index is 12.9. The zero-order valence-electron chi connectivity index (χ0n) is 19.3. The van der Waals surface area contributed by atoms with Crippen molar-refractivity contribution in [1.82, 2.24) is 9.29 Å². The molecule has 1 aliphatic heterocycles. The highest BCUT2D eigenvalue weighted by Gasteiger charge is 2.28. The highest BCUT2D eigenvalue weighted by molar-refractivity contribution is 7.89. The van der Waals surface area contributed by atoms with Crippen LogP contribution in [0.4, 0.5) is 5.88 Å². The van der Waals surface area contributed by atoms with E-state index >= 15 is 0 Å². The van der Waals surface area contributed by atoms with E-state index in [2.05, 4.69) is 17.2 Å². The number of benzene rings is 2. The average Bonchev–Trinajstić information content (AvgIpc) is 3.28. The number of oxazole rings is 1. The first-order valence-corrected chi connectivity index (χ1v) is 12.7. The predicted octanol–water partition coefficient (Wildman–Crippen LogP) is 4.30. The second-order valence-corrected chi connectivity index (χ2v) is 10.4. The monoisotopic (exact) mass is 480 g/mol. The molecule has 2 heterocycles. The topological polar surface area (TPSA) is 108 Å². The molecule has 1 N–H and O–H groups in total. The van der Waals surface area contributed by atoms with E-state index in [4.69, 9.17) is 9.15 Å². The van der Waals surface area contributed by atoms with Gasteiger partial charge < -0.3 is 14.5 Å². The van der Waals surface area contributed by atoms with E-state index in [0.717, 1.165) is 30.6 Å². The van der Waals surface area contributed by atoms with Crippen LogP contribution in [0.1, 0.15) is 31.0 Å². The van der Waals surface area contributed by atoms with Crippen molar-refractivity contribution in [3.63, 3.8) is 0 Å². The number of piperidine rings is 1. The minimum atomic E-state index is -3.53. The predicted molar refractivity (Wildman–Crippen MR) is 129 cm³/mol. The lowest BCUT2D eigenvalue weighted by molar-refractivity contribution is 0.288. The normalized spacial score (nSPS) is 15.1. The Morgan fingerprint density at radius 1 is 1.15 bits per heavy atom. The standard InChI is InChI=1S/C25H28N4O4S/c1-18-12-15-29(16-13-18)34(30,31)22-9-5-20(6-10-22)24-28-23(17-26)25(33-24)27-14-11-19-3-7-21(32-2)8-4-19/h3-10,18,27H,11-16H2,1-2H3. The fourth-order valence-corrected chi connectivity index (χ4v) is 5.37. The van der Waals surface area contributed by atoms with Crippen molar-refractivity contribution in [2.24, 2.45) is 5.92 Å². The molecular formula is C25H28N4O4S. The van der Waals surface area contributed by atoms with E-state index in [1.807, 2.05) is 30.3 Å². The molecule has 4 rings (SSSR count). The number of rotatable bonds is 8. The largest absolute Gasteiger partial charge is 0.497 e. The smallest absolute Gasteiger partial charge is 0.243 e. The third-order valence-electron chi connectivity index (χ3n) is 6.07. The number of nitrogens with one attached hydrogen (secondary N) is 1. The van der Waals surface area contributed by atoms with Gasteiger partial charge in [0.05, 0.1) is 12.0 Å². The summed E-state index contributed by atoms with van der Waals surface area (Å²) in [5.41, 5.74) is 1.88. The number of aromatic nitrogens is 1. The summed E-state index contributed by atoms with van der Waals surface area (Å²) in [5.74, 6) is 1.91. The van der Waals surface area contributed by atoms with Crippen LogP contribution in [0.25, 0.3) is 11.5 Å². The highest BCUT2D eigenvalue weighted by atomic mass is 32.2. The van der Waals surface area contributed by atoms with Crippen molar-refractivity contribution in [3.8, 4) is 23.3 Å². The number of anilines is 1. The molecule has 0 amide bonds. The number of nitrogens with zero attached hydrogens (tertiary/aromatic N) is 3. The zero-order valence-corrected chi connectivity index (χ0v) is 20.1. The summed E-state index contributed by atoms with van der Waals surface area (Å²) < 4.78 is 38.4. The third kappa shape index (κ3) is 5.24. The molecule has 0 spiro atoms. The van der Waals surface area contributed by atoms with Crippen LogP contribution in [-0.2, 0) is 16.4 Å². The summed E-state index contributed by atoms with van der Waals surface area (Å²) in [7, 11) is -1.90. The molecule has 3 aromatic rings. The van der Waals surface area contributed by atoms with Gasteiger partial charge in [0.25, 0.3) is 0 Å². The van der Waals surface area contributed by atoms with Gasteiger partial charge in [0, 0.05) is 25.2 Å². The molecule has 2 aromatic carbocycles. The van der Waals surface area contributed by atoms with Gasteiger partial charge in [-0.2, -0.15) is 14.6 Å². The van der Waals surface area contributed by atoms with Crippen LogP contribution < -0.4 is 10.1 Å². The zero-order chi connectivity index (χ0) is 24.1. The van der Waals surface area contributed by atoms with Gasteiger partial charge in [0.1, 0.15) is 11.8 Å². The number of methoxy groups -OCH3 is 1. The molecule has 34 heavy (non-hydrogen) atoms.